The highest BCUT2D eigenvalue weighted by molar-refractivity contribution is 5.90. The van der Waals surface area contributed by atoms with Crippen molar-refractivity contribution in [3.8, 4) is 0 Å². The Labute approximate surface area is 124 Å². The van der Waals surface area contributed by atoms with Gasteiger partial charge in [0.05, 0.1) is 0 Å². The zero-order chi connectivity index (χ0) is 15.4. The van der Waals surface area contributed by atoms with Crippen molar-refractivity contribution in [1.29, 1.82) is 0 Å². The Morgan fingerprint density at radius 1 is 1.38 bits per heavy atom. The highest BCUT2D eigenvalue weighted by Crippen LogP contribution is 2.18. The summed E-state index contributed by atoms with van der Waals surface area (Å²) in [6, 6.07) is 5.56. The van der Waals surface area contributed by atoms with Gasteiger partial charge < -0.3 is 10.2 Å². The quantitative estimate of drug-likeness (QED) is 0.925. The van der Waals surface area contributed by atoms with E-state index in [1.807, 2.05) is 13.8 Å². The lowest BCUT2D eigenvalue weighted by atomic mass is 10.1. The zero-order valence-corrected chi connectivity index (χ0v) is 12.4. The Morgan fingerprint density at radius 2 is 2.14 bits per heavy atom. The van der Waals surface area contributed by atoms with Crippen molar-refractivity contribution in [3.63, 3.8) is 0 Å². The summed E-state index contributed by atoms with van der Waals surface area (Å²) in [6.07, 6.45) is 1.72. The fourth-order valence-electron chi connectivity index (χ4n) is 2.66. The lowest BCUT2D eigenvalue weighted by Gasteiger charge is -2.28. The molecule has 0 radical (unpaired) electrons. The van der Waals surface area contributed by atoms with Gasteiger partial charge in [0.25, 0.3) is 0 Å². The zero-order valence-electron chi connectivity index (χ0n) is 12.4. The first-order valence-corrected chi connectivity index (χ1v) is 7.35. The molecule has 1 saturated heterocycles. The predicted octanol–water partition coefficient (Wildman–Crippen LogP) is 2.23. The number of nitrogens with zero attached hydrogens (tertiary/aromatic N) is 1. The van der Waals surface area contributed by atoms with Gasteiger partial charge in [-0.25, -0.2) is 4.39 Å². The van der Waals surface area contributed by atoms with Gasteiger partial charge in [-0.05, 0) is 31.0 Å². The number of carbonyl (C=O) groups is 2. The van der Waals surface area contributed by atoms with Crippen LogP contribution in [0.4, 0.5) is 4.39 Å². The number of carbonyl (C=O) groups excluding carboxylic acids is 2. The first-order chi connectivity index (χ1) is 10.0. The van der Waals surface area contributed by atoms with Crippen LogP contribution in [0.25, 0.3) is 0 Å². The summed E-state index contributed by atoms with van der Waals surface area (Å²) in [7, 11) is 0. The molecular weight excluding hydrogens is 271 g/mol. The molecule has 21 heavy (non-hydrogen) atoms. The number of halogens is 1. The van der Waals surface area contributed by atoms with Gasteiger partial charge in [0.15, 0.2) is 0 Å². The van der Waals surface area contributed by atoms with Crippen molar-refractivity contribution in [2.24, 2.45) is 0 Å². The first kappa shape index (κ1) is 15.5. The molecule has 1 fully saturated rings. The molecule has 1 aliphatic rings. The number of rotatable bonds is 4. The smallest absolute Gasteiger partial charge is 0.245 e. The molecule has 0 aliphatic carbocycles. The van der Waals surface area contributed by atoms with Gasteiger partial charge in [-0.15, -0.1) is 0 Å². The van der Waals surface area contributed by atoms with Gasteiger partial charge in [0.1, 0.15) is 11.9 Å². The van der Waals surface area contributed by atoms with E-state index in [2.05, 4.69) is 5.32 Å². The summed E-state index contributed by atoms with van der Waals surface area (Å²) in [6.45, 7) is 4.16. The van der Waals surface area contributed by atoms with Crippen molar-refractivity contribution in [2.75, 3.05) is 0 Å². The first-order valence-electron chi connectivity index (χ1n) is 7.35. The van der Waals surface area contributed by atoms with E-state index in [0.29, 0.717) is 13.0 Å². The topological polar surface area (TPSA) is 49.4 Å². The van der Waals surface area contributed by atoms with E-state index in [4.69, 9.17) is 0 Å². The van der Waals surface area contributed by atoms with Gasteiger partial charge in [-0.1, -0.05) is 25.5 Å². The third kappa shape index (κ3) is 3.80. The Morgan fingerprint density at radius 3 is 2.81 bits per heavy atom. The normalized spacial score (nSPS) is 22.9. The van der Waals surface area contributed by atoms with E-state index >= 15 is 0 Å². The van der Waals surface area contributed by atoms with Crippen LogP contribution in [0.3, 0.4) is 0 Å². The molecule has 1 N–H and O–H groups in total. The SMILES string of the molecule is CCCC1NC(=O)CC(C)N(Cc2cccc(F)c2)C1=O. The lowest BCUT2D eigenvalue weighted by molar-refractivity contribution is -0.135. The number of hydrogen-bond acceptors (Lipinski definition) is 2. The fourth-order valence-corrected chi connectivity index (χ4v) is 2.66. The Hall–Kier alpha value is -1.91. The van der Waals surface area contributed by atoms with Gasteiger partial charge in [-0.3, -0.25) is 9.59 Å². The van der Waals surface area contributed by atoms with Crippen LogP contribution in [0.5, 0.6) is 0 Å². The molecule has 5 heteroatoms. The second kappa shape index (κ2) is 6.70. The molecule has 1 aromatic rings. The maximum absolute atomic E-state index is 13.3. The van der Waals surface area contributed by atoms with Crippen LogP contribution in [0.1, 0.15) is 38.7 Å². The van der Waals surface area contributed by atoms with Crippen molar-refractivity contribution >= 4 is 11.8 Å². The number of amides is 2. The maximum Gasteiger partial charge on any atom is 0.245 e. The van der Waals surface area contributed by atoms with E-state index < -0.39 is 6.04 Å². The van der Waals surface area contributed by atoms with Crippen LogP contribution in [0, 0.1) is 5.82 Å². The highest BCUT2D eigenvalue weighted by Gasteiger charge is 2.33. The van der Waals surface area contributed by atoms with Crippen LogP contribution in [-0.2, 0) is 16.1 Å². The molecule has 114 valence electrons. The maximum atomic E-state index is 13.3. The van der Waals surface area contributed by atoms with Crippen LogP contribution in [-0.4, -0.2) is 28.8 Å². The van der Waals surface area contributed by atoms with Crippen molar-refractivity contribution < 1.29 is 14.0 Å². The molecule has 1 aromatic carbocycles. The molecule has 2 unspecified atom stereocenters. The van der Waals surface area contributed by atoms with E-state index in [9.17, 15) is 14.0 Å². The number of hydrogen-bond donors (Lipinski definition) is 1. The van der Waals surface area contributed by atoms with E-state index in [-0.39, 0.29) is 30.1 Å². The monoisotopic (exact) mass is 292 g/mol. The van der Waals surface area contributed by atoms with Crippen LogP contribution < -0.4 is 5.32 Å². The molecule has 0 spiro atoms. The van der Waals surface area contributed by atoms with Crippen LogP contribution >= 0.6 is 0 Å². The lowest BCUT2D eigenvalue weighted by Crippen LogP contribution is -2.45. The Bertz CT molecular complexity index is 533. The Kier molecular flexibility index (Phi) is 4.94. The molecule has 2 rings (SSSR count). The molecule has 4 nitrogen and oxygen atoms in total. The minimum atomic E-state index is -0.471. The fraction of sp³-hybridized carbons (Fsp3) is 0.500. The summed E-state index contributed by atoms with van der Waals surface area (Å²) < 4.78 is 13.3. The van der Waals surface area contributed by atoms with Crippen LogP contribution in [0.15, 0.2) is 24.3 Å². The van der Waals surface area contributed by atoms with Crippen LogP contribution in [0.2, 0.25) is 0 Å². The summed E-state index contributed by atoms with van der Waals surface area (Å²) in [5.74, 6) is -0.503. The van der Waals surface area contributed by atoms with Gasteiger partial charge in [0.2, 0.25) is 11.8 Å². The third-order valence-electron chi connectivity index (χ3n) is 3.75. The standard InChI is InChI=1S/C16H21FN2O2/c1-3-5-14-16(21)19(11(2)8-15(20)18-14)10-12-6-4-7-13(17)9-12/h4,6-7,9,11,14H,3,5,8,10H2,1-2H3,(H,18,20). The second-order valence-electron chi connectivity index (χ2n) is 5.56. The minimum absolute atomic E-state index is 0.0838. The summed E-state index contributed by atoms with van der Waals surface area (Å²) in [5, 5.41) is 2.78. The molecule has 1 heterocycles. The summed E-state index contributed by atoms with van der Waals surface area (Å²) in [4.78, 5) is 26.1. The average Bonchev–Trinajstić information content (AvgIpc) is 2.51. The molecule has 2 atom stereocenters. The Balaban J connectivity index is 2.21. The second-order valence-corrected chi connectivity index (χ2v) is 5.56. The molecule has 0 saturated carbocycles. The van der Waals surface area contributed by atoms with E-state index in [0.717, 1.165) is 12.0 Å². The number of benzene rings is 1. The molecule has 2 amide bonds. The molecular formula is C16H21FN2O2. The van der Waals surface area contributed by atoms with Gasteiger partial charge in [-0.2, -0.15) is 0 Å². The molecule has 1 aliphatic heterocycles. The molecule has 0 aromatic heterocycles. The summed E-state index contributed by atoms with van der Waals surface area (Å²) in [5.41, 5.74) is 0.736. The highest BCUT2D eigenvalue weighted by atomic mass is 19.1. The van der Waals surface area contributed by atoms with Gasteiger partial charge in [0, 0.05) is 19.0 Å². The predicted molar refractivity (Wildman–Crippen MR) is 77.9 cm³/mol. The largest absolute Gasteiger partial charge is 0.344 e. The van der Waals surface area contributed by atoms with Crippen molar-refractivity contribution in [3.05, 3.63) is 35.6 Å². The minimum Gasteiger partial charge on any atom is -0.344 e. The van der Waals surface area contributed by atoms with Gasteiger partial charge >= 0.3 is 0 Å². The van der Waals surface area contributed by atoms with E-state index in [1.165, 1.54) is 12.1 Å². The molecule has 0 bridgehead atoms. The summed E-state index contributed by atoms with van der Waals surface area (Å²) >= 11 is 0. The number of nitrogens with one attached hydrogen (secondary N) is 1. The van der Waals surface area contributed by atoms with Crippen molar-refractivity contribution in [2.45, 2.75) is 51.7 Å². The average molecular weight is 292 g/mol. The third-order valence-corrected chi connectivity index (χ3v) is 3.75. The van der Waals surface area contributed by atoms with Crippen molar-refractivity contribution in [1.82, 2.24) is 10.2 Å². The van der Waals surface area contributed by atoms with E-state index in [1.54, 1.807) is 17.0 Å².